The van der Waals surface area contributed by atoms with Crippen LogP contribution in [0.2, 0.25) is 0 Å². The van der Waals surface area contributed by atoms with E-state index in [4.69, 9.17) is 0 Å². The number of hydrogen-bond donors (Lipinski definition) is 2. The minimum absolute atomic E-state index is 0.0134. The molecule has 27 heavy (non-hydrogen) atoms. The zero-order chi connectivity index (χ0) is 18.9. The monoisotopic (exact) mass is 391 g/mol. The fourth-order valence-corrected chi connectivity index (χ4v) is 4.85. The fraction of sp³-hybridized carbons (Fsp3) is 0.714. The quantitative estimate of drug-likeness (QED) is 0.636. The summed E-state index contributed by atoms with van der Waals surface area (Å²) in [6.45, 7) is 3.31. The standard InChI is InChI=1S/C21H33N3O2S/c25-20(11-3-1-2-8-18-9-6-14-27-18)24-13-5-7-17(16-24)15-23-21(26)19-10-4-12-22-19/h6,9,14,17,19,22H,1-5,7-8,10-13,15-16H2,(H,23,26). The molecule has 0 aromatic carbocycles. The van der Waals surface area contributed by atoms with Crippen molar-refractivity contribution in [2.75, 3.05) is 26.2 Å². The van der Waals surface area contributed by atoms with E-state index in [9.17, 15) is 9.59 Å². The van der Waals surface area contributed by atoms with Gasteiger partial charge in [0, 0.05) is 30.9 Å². The summed E-state index contributed by atoms with van der Waals surface area (Å²) in [7, 11) is 0. The molecule has 150 valence electrons. The zero-order valence-electron chi connectivity index (χ0n) is 16.3. The molecule has 2 fully saturated rings. The van der Waals surface area contributed by atoms with Gasteiger partial charge in [-0.15, -0.1) is 11.3 Å². The van der Waals surface area contributed by atoms with E-state index in [-0.39, 0.29) is 11.9 Å². The third-order valence-electron chi connectivity index (χ3n) is 5.71. The van der Waals surface area contributed by atoms with E-state index >= 15 is 0 Å². The fourth-order valence-electron chi connectivity index (χ4n) is 4.10. The van der Waals surface area contributed by atoms with Crippen LogP contribution in [0.25, 0.3) is 0 Å². The first-order valence-electron chi connectivity index (χ1n) is 10.5. The molecule has 0 saturated carbocycles. The second-order valence-corrected chi connectivity index (χ2v) is 8.91. The van der Waals surface area contributed by atoms with Crippen molar-refractivity contribution in [2.45, 2.75) is 63.8 Å². The number of carbonyl (C=O) groups is 2. The highest BCUT2D eigenvalue weighted by molar-refractivity contribution is 7.09. The highest BCUT2D eigenvalue weighted by Gasteiger charge is 2.26. The molecule has 1 aromatic rings. The van der Waals surface area contributed by atoms with Gasteiger partial charge in [0.15, 0.2) is 0 Å². The smallest absolute Gasteiger partial charge is 0.237 e. The van der Waals surface area contributed by atoms with E-state index in [1.165, 1.54) is 4.88 Å². The van der Waals surface area contributed by atoms with Crippen LogP contribution in [0, 0.1) is 5.92 Å². The molecular weight excluding hydrogens is 358 g/mol. The van der Waals surface area contributed by atoms with Crippen LogP contribution in [0.5, 0.6) is 0 Å². The van der Waals surface area contributed by atoms with Crippen LogP contribution in [-0.4, -0.2) is 48.9 Å². The predicted molar refractivity (Wildman–Crippen MR) is 110 cm³/mol. The van der Waals surface area contributed by atoms with E-state index in [0.29, 0.717) is 24.8 Å². The number of likely N-dealkylation sites (tertiary alicyclic amines) is 1. The molecule has 6 heteroatoms. The van der Waals surface area contributed by atoms with Crippen molar-refractivity contribution in [1.82, 2.24) is 15.5 Å². The van der Waals surface area contributed by atoms with Crippen molar-refractivity contribution < 1.29 is 9.59 Å². The summed E-state index contributed by atoms with van der Waals surface area (Å²) in [5, 5.41) is 8.45. The first kappa shape index (κ1) is 20.3. The Labute approximate surface area is 166 Å². The molecule has 3 heterocycles. The average molecular weight is 392 g/mol. The van der Waals surface area contributed by atoms with Crippen molar-refractivity contribution in [3.8, 4) is 0 Å². The average Bonchev–Trinajstić information content (AvgIpc) is 3.40. The normalized spacial score (nSPS) is 22.7. The maximum atomic E-state index is 12.5. The molecule has 5 nitrogen and oxygen atoms in total. The van der Waals surface area contributed by atoms with Crippen LogP contribution < -0.4 is 10.6 Å². The molecule has 0 bridgehead atoms. The summed E-state index contributed by atoms with van der Waals surface area (Å²) in [5.74, 6) is 0.813. The van der Waals surface area contributed by atoms with Gasteiger partial charge in [0.25, 0.3) is 0 Å². The van der Waals surface area contributed by atoms with Gasteiger partial charge in [-0.25, -0.2) is 0 Å². The molecule has 2 saturated heterocycles. The molecule has 2 aliphatic rings. The van der Waals surface area contributed by atoms with Crippen molar-refractivity contribution >= 4 is 23.2 Å². The van der Waals surface area contributed by atoms with Gasteiger partial charge < -0.3 is 15.5 Å². The number of hydrogen-bond acceptors (Lipinski definition) is 4. The Kier molecular flexibility index (Phi) is 8.14. The van der Waals surface area contributed by atoms with Crippen molar-refractivity contribution in [1.29, 1.82) is 0 Å². The summed E-state index contributed by atoms with van der Waals surface area (Å²) in [6, 6.07) is 4.27. The minimum atomic E-state index is -0.0134. The van der Waals surface area contributed by atoms with Gasteiger partial charge in [-0.1, -0.05) is 12.5 Å². The van der Waals surface area contributed by atoms with E-state index < -0.39 is 0 Å². The summed E-state index contributed by atoms with van der Waals surface area (Å²) < 4.78 is 0. The van der Waals surface area contributed by atoms with Gasteiger partial charge in [-0.05, 0) is 68.9 Å². The van der Waals surface area contributed by atoms with E-state index in [1.807, 2.05) is 16.2 Å². The van der Waals surface area contributed by atoms with E-state index in [0.717, 1.165) is 71.0 Å². The minimum Gasteiger partial charge on any atom is -0.354 e. The lowest BCUT2D eigenvalue weighted by atomic mass is 9.97. The molecule has 0 aliphatic carbocycles. The number of carbonyl (C=O) groups excluding carboxylic acids is 2. The molecule has 0 radical (unpaired) electrons. The Morgan fingerprint density at radius 2 is 2.15 bits per heavy atom. The molecule has 2 unspecified atom stereocenters. The van der Waals surface area contributed by atoms with Gasteiger partial charge in [-0.3, -0.25) is 9.59 Å². The molecule has 2 N–H and O–H groups in total. The van der Waals surface area contributed by atoms with Crippen LogP contribution in [0.15, 0.2) is 17.5 Å². The van der Waals surface area contributed by atoms with Crippen LogP contribution >= 0.6 is 11.3 Å². The highest BCUT2D eigenvalue weighted by atomic mass is 32.1. The van der Waals surface area contributed by atoms with Gasteiger partial charge in [0.1, 0.15) is 0 Å². The van der Waals surface area contributed by atoms with Gasteiger partial charge in [-0.2, -0.15) is 0 Å². The molecule has 2 atom stereocenters. The Balaban J connectivity index is 1.29. The number of nitrogens with zero attached hydrogens (tertiary/aromatic N) is 1. The van der Waals surface area contributed by atoms with Gasteiger partial charge in [0.2, 0.25) is 11.8 Å². The number of rotatable bonds is 9. The Bertz CT molecular complexity index is 584. The Morgan fingerprint density at radius 1 is 1.22 bits per heavy atom. The predicted octanol–water partition coefficient (Wildman–Crippen LogP) is 2.96. The molecular formula is C21H33N3O2S. The number of amides is 2. The highest BCUT2D eigenvalue weighted by Crippen LogP contribution is 2.18. The number of thiophene rings is 1. The van der Waals surface area contributed by atoms with Crippen LogP contribution in [0.3, 0.4) is 0 Å². The van der Waals surface area contributed by atoms with E-state index in [1.54, 1.807) is 0 Å². The lowest BCUT2D eigenvalue weighted by Crippen LogP contribution is -2.46. The van der Waals surface area contributed by atoms with Crippen LogP contribution in [-0.2, 0) is 16.0 Å². The summed E-state index contributed by atoms with van der Waals surface area (Å²) in [5.41, 5.74) is 0. The Hall–Kier alpha value is -1.40. The van der Waals surface area contributed by atoms with Crippen molar-refractivity contribution in [2.24, 2.45) is 5.92 Å². The lowest BCUT2D eigenvalue weighted by Gasteiger charge is -2.33. The summed E-state index contributed by atoms with van der Waals surface area (Å²) >= 11 is 1.82. The van der Waals surface area contributed by atoms with Crippen molar-refractivity contribution in [3.05, 3.63) is 22.4 Å². The van der Waals surface area contributed by atoms with Gasteiger partial charge in [0.05, 0.1) is 6.04 Å². The molecule has 3 rings (SSSR count). The third kappa shape index (κ3) is 6.61. The zero-order valence-corrected chi connectivity index (χ0v) is 17.1. The Morgan fingerprint density at radius 3 is 2.93 bits per heavy atom. The maximum absolute atomic E-state index is 12.5. The summed E-state index contributed by atoms with van der Waals surface area (Å²) in [6.07, 6.45) is 9.22. The van der Waals surface area contributed by atoms with Crippen LogP contribution in [0.1, 0.15) is 56.2 Å². The second-order valence-electron chi connectivity index (χ2n) is 7.88. The number of unbranched alkanes of at least 4 members (excludes halogenated alkanes) is 2. The molecule has 0 spiro atoms. The van der Waals surface area contributed by atoms with Crippen LogP contribution in [0.4, 0.5) is 0 Å². The number of piperidine rings is 1. The number of nitrogens with one attached hydrogen (secondary N) is 2. The second kappa shape index (κ2) is 10.8. The lowest BCUT2D eigenvalue weighted by molar-refractivity contribution is -0.133. The maximum Gasteiger partial charge on any atom is 0.237 e. The molecule has 2 aliphatic heterocycles. The van der Waals surface area contributed by atoms with E-state index in [2.05, 4.69) is 28.1 Å². The van der Waals surface area contributed by atoms with Gasteiger partial charge >= 0.3 is 0 Å². The largest absolute Gasteiger partial charge is 0.354 e. The number of aryl methyl sites for hydroxylation is 1. The SMILES string of the molecule is O=C(NCC1CCCN(C(=O)CCCCCc2cccs2)C1)C1CCCN1. The molecule has 1 aromatic heterocycles. The first-order valence-corrected chi connectivity index (χ1v) is 11.4. The third-order valence-corrected chi connectivity index (χ3v) is 6.64. The first-order chi connectivity index (χ1) is 13.2. The topological polar surface area (TPSA) is 61.4 Å². The molecule has 2 amide bonds. The summed E-state index contributed by atoms with van der Waals surface area (Å²) in [4.78, 5) is 28.1. The van der Waals surface area contributed by atoms with Crippen molar-refractivity contribution in [3.63, 3.8) is 0 Å².